The van der Waals surface area contributed by atoms with Crippen molar-refractivity contribution in [1.82, 2.24) is 10.6 Å². The zero-order chi connectivity index (χ0) is 9.97. The molecular weight excluding hydrogens is 196 g/mol. The molecule has 2 N–H and O–H groups in total. The number of hydrogen-bond acceptors (Lipinski definition) is 3. The first kappa shape index (κ1) is 9.68. The molecule has 1 saturated heterocycles. The number of amides is 1. The fourth-order valence-corrected chi connectivity index (χ4v) is 2.45. The Kier molecular flexibility index (Phi) is 2.84. The van der Waals surface area contributed by atoms with Gasteiger partial charge < -0.3 is 10.6 Å². The Morgan fingerprint density at radius 2 is 2.57 bits per heavy atom. The van der Waals surface area contributed by atoms with Crippen LogP contribution in [0.15, 0.2) is 16.8 Å². The van der Waals surface area contributed by atoms with Crippen LogP contribution in [0.1, 0.15) is 24.9 Å². The lowest BCUT2D eigenvalue weighted by atomic mass is 10.1. The summed E-state index contributed by atoms with van der Waals surface area (Å²) in [5.74, 6) is 0.153. The molecule has 1 aliphatic heterocycles. The van der Waals surface area contributed by atoms with Crippen molar-refractivity contribution in [3.63, 3.8) is 0 Å². The standard InChI is InChI=1S/C10H14N2OS/c1-7(8-2-3-14-6-8)12-9-4-10(13)11-5-9/h2-3,6-7,9,12H,4-5H2,1H3,(H,11,13). The van der Waals surface area contributed by atoms with Crippen molar-refractivity contribution >= 4 is 17.2 Å². The van der Waals surface area contributed by atoms with Gasteiger partial charge in [-0.05, 0) is 29.3 Å². The molecule has 0 bridgehead atoms. The van der Waals surface area contributed by atoms with Gasteiger partial charge in [-0.3, -0.25) is 4.79 Å². The average molecular weight is 210 g/mol. The molecule has 76 valence electrons. The van der Waals surface area contributed by atoms with Crippen LogP contribution in [0, 0.1) is 0 Å². The highest BCUT2D eigenvalue weighted by atomic mass is 32.1. The van der Waals surface area contributed by atoms with Gasteiger partial charge in [-0.25, -0.2) is 0 Å². The minimum atomic E-state index is 0.153. The fourth-order valence-electron chi connectivity index (χ4n) is 1.69. The van der Waals surface area contributed by atoms with Crippen molar-refractivity contribution < 1.29 is 4.79 Å². The van der Waals surface area contributed by atoms with E-state index >= 15 is 0 Å². The van der Waals surface area contributed by atoms with Crippen LogP contribution in [0.4, 0.5) is 0 Å². The summed E-state index contributed by atoms with van der Waals surface area (Å²) < 4.78 is 0. The van der Waals surface area contributed by atoms with Gasteiger partial charge in [0.15, 0.2) is 0 Å². The minimum Gasteiger partial charge on any atom is -0.354 e. The summed E-state index contributed by atoms with van der Waals surface area (Å²) in [6.07, 6.45) is 0.606. The molecule has 3 nitrogen and oxygen atoms in total. The first-order valence-corrected chi connectivity index (χ1v) is 5.75. The van der Waals surface area contributed by atoms with Gasteiger partial charge in [0.25, 0.3) is 0 Å². The zero-order valence-electron chi connectivity index (χ0n) is 8.12. The van der Waals surface area contributed by atoms with Crippen LogP contribution < -0.4 is 10.6 Å². The number of hydrogen-bond donors (Lipinski definition) is 2. The highest BCUT2D eigenvalue weighted by Gasteiger charge is 2.22. The SMILES string of the molecule is CC(NC1CNC(=O)C1)c1ccsc1. The Labute approximate surface area is 87.5 Å². The van der Waals surface area contributed by atoms with Crippen molar-refractivity contribution in [3.8, 4) is 0 Å². The van der Waals surface area contributed by atoms with Gasteiger partial charge in [-0.2, -0.15) is 11.3 Å². The topological polar surface area (TPSA) is 41.1 Å². The smallest absolute Gasteiger partial charge is 0.221 e. The molecule has 1 aromatic rings. The van der Waals surface area contributed by atoms with Crippen molar-refractivity contribution in [1.29, 1.82) is 0 Å². The molecule has 0 aromatic carbocycles. The van der Waals surface area contributed by atoms with Gasteiger partial charge in [-0.1, -0.05) is 0 Å². The number of carbonyl (C=O) groups is 1. The lowest BCUT2D eigenvalue weighted by molar-refractivity contribution is -0.119. The maximum absolute atomic E-state index is 11.0. The molecule has 1 amide bonds. The molecule has 0 aliphatic carbocycles. The van der Waals surface area contributed by atoms with Gasteiger partial charge >= 0.3 is 0 Å². The van der Waals surface area contributed by atoms with Gasteiger partial charge in [0.05, 0.1) is 0 Å². The summed E-state index contributed by atoms with van der Waals surface area (Å²) in [4.78, 5) is 11.0. The second-order valence-corrected chi connectivity index (χ2v) is 4.43. The van der Waals surface area contributed by atoms with Crippen molar-refractivity contribution in [2.45, 2.75) is 25.4 Å². The van der Waals surface area contributed by atoms with Crippen LogP contribution in [-0.2, 0) is 4.79 Å². The Morgan fingerprint density at radius 1 is 1.71 bits per heavy atom. The summed E-state index contributed by atoms with van der Waals surface area (Å²) in [5.41, 5.74) is 1.30. The van der Waals surface area contributed by atoms with Crippen molar-refractivity contribution in [3.05, 3.63) is 22.4 Å². The molecule has 1 aromatic heterocycles. The largest absolute Gasteiger partial charge is 0.354 e. The molecule has 2 heterocycles. The average Bonchev–Trinajstić information content (AvgIpc) is 2.75. The molecule has 1 fully saturated rings. The molecule has 2 unspecified atom stereocenters. The normalized spacial score (nSPS) is 23.5. The zero-order valence-corrected chi connectivity index (χ0v) is 8.93. The summed E-state index contributed by atoms with van der Waals surface area (Å²) in [6, 6.07) is 2.74. The van der Waals surface area contributed by atoms with Crippen molar-refractivity contribution in [2.24, 2.45) is 0 Å². The van der Waals surface area contributed by atoms with Crippen LogP contribution in [0.5, 0.6) is 0 Å². The Bertz CT molecular complexity index is 310. The number of carbonyl (C=O) groups excluding carboxylic acids is 1. The molecule has 0 radical (unpaired) electrons. The third-order valence-electron chi connectivity index (χ3n) is 2.51. The van der Waals surface area contributed by atoms with E-state index in [9.17, 15) is 4.79 Å². The fraction of sp³-hybridized carbons (Fsp3) is 0.500. The van der Waals surface area contributed by atoms with Crippen LogP contribution in [-0.4, -0.2) is 18.5 Å². The molecule has 2 rings (SSSR count). The van der Waals surface area contributed by atoms with Crippen molar-refractivity contribution in [2.75, 3.05) is 6.54 Å². The third-order valence-corrected chi connectivity index (χ3v) is 3.21. The van der Waals surface area contributed by atoms with E-state index in [-0.39, 0.29) is 11.9 Å². The van der Waals surface area contributed by atoms with E-state index in [4.69, 9.17) is 0 Å². The lowest BCUT2D eigenvalue weighted by Crippen LogP contribution is -2.32. The quantitative estimate of drug-likeness (QED) is 0.789. The van der Waals surface area contributed by atoms with Crippen LogP contribution >= 0.6 is 11.3 Å². The Morgan fingerprint density at radius 3 is 3.14 bits per heavy atom. The Hall–Kier alpha value is -0.870. The summed E-state index contributed by atoms with van der Waals surface area (Å²) in [7, 11) is 0. The molecule has 4 heteroatoms. The van der Waals surface area contributed by atoms with E-state index in [1.54, 1.807) is 11.3 Å². The molecule has 1 aliphatic rings. The molecule has 0 spiro atoms. The maximum atomic E-state index is 11.0. The highest BCUT2D eigenvalue weighted by molar-refractivity contribution is 7.07. The first-order valence-electron chi connectivity index (χ1n) is 4.80. The van der Waals surface area contributed by atoms with Gasteiger partial charge in [0.2, 0.25) is 5.91 Å². The van der Waals surface area contributed by atoms with E-state index in [1.165, 1.54) is 5.56 Å². The van der Waals surface area contributed by atoms with E-state index in [1.807, 2.05) is 0 Å². The highest BCUT2D eigenvalue weighted by Crippen LogP contribution is 2.17. The minimum absolute atomic E-state index is 0.153. The lowest BCUT2D eigenvalue weighted by Gasteiger charge is -2.16. The monoisotopic (exact) mass is 210 g/mol. The second-order valence-electron chi connectivity index (χ2n) is 3.65. The molecule has 0 saturated carbocycles. The summed E-state index contributed by atoms with van der Waals surface area (Å²) in [6.45, 7) is 2.89. The first-order chi connectivity index (χ1) is 6.75. The predicted molar refractivity (Wildman–Crippen MR) is 57.3 cm³/mol. The van der Waals surface area contributed by atoms with Crippen LogP contribution in [0.3, 0.4) is 0 Å². The van der Waals surface area contributed by atoms with E-state index in [2.05, 4.69) is 34.4 Å². The third kappa shape index (κ3) is 2.13. The van der Waals surface area contributed by atoms with Gasteiger partial charge in [-0.15, -0.1) is 0 Å². The summed E-state index contributed by atoms with van der Waals surface area (Å²) >= 11 is 1.70. The Balaban J connectivity index is 1.89. The van der Waals surface area contributed by atoms with Gasteiger partial charge in [0.1, 0.15) is 0 Å². The maximum Gasteiger partial charge on any atom is 0.221 e. The number of nitrogens with one attached hydrogen (secondary N) is 2. The van der Waals surface area contributed by atoms with E-state index in [0.717, 1.165) is 6.54 Å². The second kappa shape index (κ2) is 4.11. The van der Waals surface area contributed by atoms with E-state index < -0.39 is 0 Å². The van der Waals surface area contributed by atoms with Crippen LogP contribution in [0.2, 0.25) is 0 Å². The summed E-state index contributed by atoms with van der Waals surface area (Å²) in [5, 5.41) is 10.5. The predicted octanol–water partition coefficient (Wildman–Crippen LogP) is 1.29. The van der Waals surface area contributed by atoms with Gasteiger partial charge in [0, 0.05) is 25.0 Å². The molecular formula is C10H14N2OS. The molecule has 2 atom stereocenters. The van der Waals surface area contributed by atoms with E-state index in [0.29, 0.717) is 12.5 Å². The molecule has 14 heavy (non-hydrogen) atoms. The van der Waals surface area contributed by atoms with Crippen LogP contribution in [0.25, 0.3) is 0 Å². The number of rotatable bonds is 3. The number of thiophene rings is 1.